The predicted octanol–water partition coefficient (Wildman–Crippen LogP) is 7.78. The number of amides is 1. The van der Waals surface area contributed by atoms with Gasteiger partial charge in [-0.05, 0) is 69.3 Å². The third-order valence-electron chi connectivity index (χ3n) is 8.35. The molecule has 3 unspecified atom stereocenters. The average molecular weight is 610 g/mol. The molecule has 2 fully saturated rings. The number of piperidine rings is 1. The van der Waals surface area contributed by atoms with Crippen molar-refractivity contribution < 1.29 is 19.4 Å². The molecule has 1 aliphatic carbocycles. The van der Waals surface area contributed by atoms with E-state index in [4.69, 9.17) is 4.74 Å². The molecule has 1 aliphatic heterocycles. The van der Waals surface area contributed by atoms with Crippen molar-refractivity contribution in [2.24, 2.45) is 11.8 Å². The number of aryl methyl sites for hydroxylation is 1. The third-order valence-corrected chi connectivity index (χ3v) is 8.35. The van der Waals surface area contributed by atoms with Crippen LogP contribution in [0, 0.1) is 18.8 Å². The van der Waals surface area contributed by atoms with Crippen LogP contribution in [0.2, 0.25) is 0 Å². The molecule has 1 saturated heterocycles. The number of likely N-dealkylation sites (tertiary alicyclic amines) is 1. The quantitative estimate of drug-likeness (QED) is 0.256. The Morgan fingerprint density at radius 3 is 2.09 bits per heavy atom. The lowest BCUT2D eigenvalue weighted by Gasteiger charge is -2.38. The van der Waals surface area contributed by atoms with Crippen molar-refractivity contribution in [3.8, 4) is 0 Å². The van der Waals surface area contributed by atoms with Crippen molar-refractivity contribution in [1.82, 2.24) is 15.1 Å². The molecule has 4 rings (SSSR count). The Kier molecular flexibility index (Phi) is 17.8. The number of hydrogen-bond donors (Lipinski definition) is 2. The molecular weight excluding hydrogens is 550 g/mol. The van der Waals surface area contributed by atoms with Crippen molar-refractivity contribution in [3.63, 3.8) is 0 Å². The van der Waals surface area contributed by atoms with E-state index < -0.39 is 12.0 Å². The molecule has 0 aromatic heterocycles. The van der Waals surface area contributed by atoms with Gasteiger partial charge in [-0.1, -0.05) is 101 Å². The van der Waals surface area contributed by atoms with Gasteiger partial charge in [0.1, 0.15) is 12.6 Å². The molecule has 2 aromatic rings. The van der Waals surface area contributed by atoms with E-state index in [0.717, 1.165) is 70.3 Å². The van der Waals surface area contributed by atoms with E-state index in [1.807, 2.05) is 79.4 Å². The van der Waals surface area contributed by atoms with E-state index in [9.17, 15) is 14.7 Å². The van der Waals surface area contributed by atoms with Crippen LogP contribution in [0.3, 0.4) is 0 Å². The number of carboxylic acid groups (broad SMARTS) is 1. The van der Waals surface area contributed by atoms with Crippen LogP contribution in [-0.4, -0.2) is 71.3 Å². The van der Waals surface area contributed by atoms with E-state index in [0.29, 0.717) is 30.9 Å². The summed E-state index contributed by atoms with van der Waals surface area (Å²) in [5.41, 5.74) is 2.22. The lowest BCUT2D eigenvalue weighted by Crippen LogP contribution is -2.48. The monoisotopic (exact) mass is 609 g/mol. The molecule has 1 saturated carbocycles. The highest BCUT2D eigenvalue weighted by Gasteiger charge is 2.33. The van der Waals surface area contributed by atoms with E-state index in [1.165, 1.54) is 5.56 Å². The summed E-state index contributed by atoms with van der Waals surface area (Å²) in [5, 5.41) is 13.0. The number of carbonyl (C=O) groups is 2. The van der Waals surface area contributed by atoms with Crippen LogP contribution < -0.4 is 5.32 Å². The maximum Gasteiger partial charge on any atom is 0.410 e. The molecule has 2 N–H and O–H groups in total. The van der Waals surface area contributed by atoms with Gasteiger partial charge in [0.2, 0.25) is 0 Å². The van der Waals surface area contributed by atoms with Gasteiger partial charge in [0.15, 0.2) is 0 Å². The number of nitrogens with one attached hydrogen (secondary N) is 1. The molecule has 7 nitrogen and oxygen atoms in total. The zero-order valence-electron chi connectivity index (χ0n) is 28.2. The number of benzene rings is 2. The van der Waals surface area contributed by atoms with Gasteiger partial charge >= 0.3 is 12.1 Å². The van der Waals surface area contributed by atoms with Crippen molar-refractivity contribution in [2.45, 2.75) is 111 Å². The molecule has 7 heteroatoms. The van der Waals surface area contributed by atoms with E-state index in [2.05, 4.69) is 37.9 Å². The lowest BCUT2D eigenvalue weighted by molar-refractivity contribution is -0.140. The maximum absolute atomic E-state index is 12.9. The summed E-state index contributed by atoms with van der Waals surface area (Å²) in [7, 11) is 0. The summed E-state index contributed by atoms with van der Waals surface area (Å²) in [6.07, 6.45) is 6.60. The van der Waals surface area contributed by atoms with Crippen LogP contribution in [0.1, 0.15) is 90.7 Å². The van der Waals surface area contributed by atoms with Gasteiger partial charge in [0, 0.05) is 38.3 Å². The SMILES string of the molecule is CC.CCCN(C(=O)OCc1ccc(C)cc1)C1CCN(CC2CCC(NC(CC(C)C)C(=O)O)C2)CC1.c1ccccc1. The van der Waals surface area contributed by atoms with Crippen LogP contribution >= 0.6 is 0 Å². The predicted molar refractivity (Wildman–Crippen MR) is 181 cm³/mol. The third kappa shape index (κ3) is 13.8. The van der Waals surface area contributed by atoms with Gasteiger partial charge < -0.3 is 25.0 Å². The Labute approximate surface area is 267 Å². The molecule has 2 aliphatic rings. The first kappa shape index (κ1) is 37.3. The molecule has 1 heterocycles. The second-order valence-electron chi connectivity index (χ2n) is 12.5. The van der Waals surface area contributed by atoms with Crippen molar-refractivity contribution in [3.05, 3.63) is 71.8 Å². The summed E-state index contributed by atoms with van der Waals surface area (Å²) in [6.45, 7) is 16.4. The molecular formula is C37H59N3O4. The molecule has 3 atom stereocenters. The van der Waals surface area contributed by atoms with Crippen LogP contribution in [-0.2, 0) is 16.1 Å². The molecule has 0 radical (unpaired) electrons. The molecule has 0 spiro atoms. The highest BCUT2D eigenvalue weighted by Crippen LogP contribution is 2.29. The minimum absolute atomic E-state index is 0.199. The first-order chi connectivity index (χ1) is 21.2. The number of carboxylic acids is 1. The van der Waals surface area contributed by atoms with E-state index in [-0.39, 0.29) is 12.1 Å². The summed E-state index contributed by atoms with van der Waals surface area (Å²) < 4.78 is 5.68. The van der Waals surface area contributed by atoms with Crippen LogP contribution in [0.15, 0.2) is 60.7 Å². The summed E-state index contributed by atoms with van der Waals surface area (Å²) >= 11 is 0. The number of aliphatic carboxylic acids is 1. The topological polar surface area (TPSA) is 82.1 Å². The second kappa shape index (κ2) is 20.9. The Balaban J connectivity index is 0.000000740. The minimum Gasteiger partial charge on any atom is -0.480 e. The van der Waals surface area contributed by atoms with Gasteiger partial charge in [-0.25, -0.2) is 4.79 Å². The van der Waals surface area contributed by atoms with Gasteiger partial charge in [0.25, 0.3) is 0 Å². The molecule has 2 aromatic carbocycles. The van der Waals surface area contributed by atoms with Crippen molar-refractivity contribution in [1.29, 1.82) is 0 Å². The van der Waals surface area contributed by atoms with Crippen molar-refractivity contribution in [2.75, 3.05) is 26.2 Å². The lowest BCUT2D eigenvalue weighted by atomic mass is 10.00. The fourth-order valence-electron chi connectivity index (χ4n) is 6.13. The minimum atomic E-state index is -0.733. The van der Waals surface area contributed by atoms with Gasteiger partial charge in [-0.2, -0.15) is 0 Å². The summed E-state index contributed by atoms with van der Waals surface area (Å²) in [6, 6.07) is 20.2. The smallest absolute Gasteiger partial charge is 0.410 e. The molecule has 0 bridgehead atoms. The fraction of sp³-hybridized carbons (Fsp3) is 0.622. The number of rotatable bonds is 12. The molecule has 44 heavy (non-hydrogen) atoms. The first-order valence-electron chi connectivity index (χ1n) is 16.9. The molecule has 246 valence electrons. The van der Waals surface area contributed by atoms with E-state index >= 15 is 0 Å². The van der Waals surface area contributed by atoms with Crippen molar-refractivity contribution >= 4 is 12.1 Å². The number of carbonyl (C=O) groups excluding carboxylic acids is 1. The van der Waals surface area contributed by atoms with Gasteiger partial charge in [-0.15, -0.1) is 0 Å². The Bertz CT molecular complexity index is 1010. The van der Waals surface area contributed by atoms with E-state index in [1.54, 1.807) is 0 Å². The van der Waals surface area contributed by atoms with Crippen LogP contribution in [0.4, 0.5) is 4.79 Å². The fourth-order valence-corrected chi connectivity index (χ4v) is 6.13. The van der Waals surface area contributed by atoms with Gasteiger partial charge in [-0.3, -0.25) is 4.79 Å². The largest absolute Gasteiger partial charge is 0.480 e. The number of ether oxygens (including phenoxy) is 1. The second-order valence-corrected chi connectivity index (χ2v) is 12.5. The Morgan fingerprint density at radius 2 is 1.57 bits per heavy atom. The Hall–Kier alpha value is -2.90. The summed E-state index contributed by atoms with van der Waals surface area (Å²) in [4.78, 5) is 29.0. The van der Waals surface area contributed by atoms with Gasteiger partial charge in [0.05, 0.1) is 0 Å². The highest BCUT2D eigenvalue weighted by molar-refractivity contribution is 5.73. The average Bonchev–Trinajstić information content (AvgIpc) is 3.48. The standard InChI is InChI=1S/C29H47N3O4.C6H6.C2H6/c1-5-14-32(29(35)36-20-23-8-6-22(4)7-9-23)26-12-15-31(16-13-26)19-24-10-11-25(18-24)30-27(28(33)34)17-21(2)3;1-2-4-6-5-3-1;1-2/h6-9,21,24-27,30H,5,10-20H2,1-4H3,(H,33,34);1-6H;1-2H3. The Morgan fingerprint density at radius 1 is 0.977 bits per heavy atom. The van der Waals surface area contributed by atoms with Crippen LogP contribution in [0.25, 0.3) is 0 Å². The normalized spacial score (nSPS) is 19.2. The maximum atomic E-state index is 12.9. The first-order valence-corrected chi connectivity index (χ1v) is 16.9. The highest BCUT2D eigenvalue weighted by atomic mass is 16.6. The zero-order valence-corrected chi connectivity index (χ0v) is 28.2. The number of hydrogen-bond acceptors (Lipinski definition) is 5. The summed E-state index contributed by atoms with van der Waals surface area (Å²) in [5.74, 6) is 0.242. The molecule has 1 amide bonds. The number of nitrogens with zero attached hydrogens (tertiary/aromatic N) is 2. The van der Waals surface area contributed by atoms with Crippen LogP contribution in [0.5, 0.6) is 0 Å². The zero-order chi connectivity index (χ0) is 32.3.